The Morgan fingerprint density at radius 2 is 1.96 bits per heavy atom. The van der Waals surface area contributed by atoms with Gasteiger partial charge in [0.25, 0.3) is 11.1 Å². The minimum Gasteiger partial charge on any atom is -0.467 e. The summed E-state index contributed by atoms with van der Waals surface area (Å²) < 4.78 is 33.4. The van der Waals surface area contributed by atoms with E-state index < -0.39 is 11.6 Å². The minimum atomic E-state index is -0.685. The number of likely N-dealkylation sites (tertiary alicyclic amines) is 1. The van der Waals surface area contributed by atoms with Gasteiger partial charge >= 0.3 is 0 Å². The van der Waals surface area contributed by atoms with E-state index >= 15 is 0 Å². The summed E-state index contributed by atoms with van der Waals surface area (Å²) in [6.45, 7) is 3.11. The van der Waals surface area contributed by atoms with Gasteiger partial charge in [0.05, 0.1) is 4.70 Å². The first-order chi connectivity index (χ1) is 13.0. The van der Waals surface area contributed by atoms with Crippen LogP contribution >= 0.6 is 11.3 Å². The van der Waals surface area contributed by atoms with Crippen LogP contribution in [0.4, 0.5) is 8.78 Å². The number of nitrogens with zero attached hydrogens (tertiary/aromatic N) is 2. The fourth-order valence-electron chi connectivity index (χ4n) is 3.29. The lowest BCUT2D eigenvalue weighted by Gasteiger charge is -2.32. The average molecular weight is 388 g/mol. The van der Waals surface area contributed by atoms with Crippen LogP contribution in [0.5, 0.6) is 5.19 Å². The molecule has 1 aliphatic rings. The van der Waals surface area contributed by atoms with Crippen molar-refractivity contribution >= 4 is 27.5 Å². The first-order valence-electron chi connectivity index (χ1n) is 8.78. The first-order valence-corrected chi connectivity index (χ1v) is 9.60. The van der Waals surface area contributed by atoms with Gasteiger partial charge in [0, 0.05) is 37.6 Å². The van der Waals surface area contributed by atoms with E-state index in [0.717, 1.165) is 28.5 Å². The molecule has 0 unspecified atom stereocenters. The maximum Gasteiger partial charge on any atom is 0.274 e. The van der Waals surface area contributed by atoms with Gasteiger partial charge in [-0.05, 0) is 24.6 Å². The molecule has 0 aliphatic carbocycles. The van der Waals surface area contributed by atoms with Gasteiger partial charge in [0.15, 0.2) is 5.82 Å². The number of carbonyl (C=O) groups excluding carboxylic acids is 1. The van der Waals surface area contributed by atoms with Gasteiger partial charge in [0.2, 0.25) is 0 Å². The number of thiazole rings is 1. The van der Waals surface area contributed by atoms with Crippen molar-refractivity contribution in [3.63, 3.8) is 0 Å². The second kappa shape index (κ2) is 7.23. The predicted octanol–water partition coefficient (Wildman–Crippen LogP) is 4.57. The number of ether oxygens (including phenoxy) is 1. The third-order valence-electron chi connectivity index (χ3n) is 4.77. The molecule has 27 heavy (non-hydrogen) atoms. The fraction of sp³-hybridized carbons (Fsp3) is 0.300. The van der Waals surface area contributed by atoms with Crippen LogP contribution in [0.25, 0.3) is 10.2 Å². The number of hydrogen-bond acceptors (Lipinski definition) is 4. The maximum absolute atomic E-state index is 13.8. The number of fused-ring (bicyclic) bond motifs is 1. The Kier molecular flexibility index (Phi) is 4.78. The van der Waals surface area contributed by atoms with Crippen LogP contribution < -0.4 is 4.74 Å². The Hall–Kier alpha value is -2.54. The van der Waals surface area contributed by atoms with Crippen LogP contribution in [0.1, 0.15) is 28.8 Å². The molecule has 4 rings (SSSR count). The average Bonchev–Trinajstić information content (AvgIpc) is 3.05. The zero-order chi connectivity index (χ0) is 19.0. The number of hydrogen-bond donors (Lipinski definition) is 0. The lowest BCUT2D eigenvalue weighted by Crippen LogP contribution is -2.42. The molecular weight excluding hydrogens is 370 g/mol. The van der Waals surface area contributed by atoms with Crippen LogP contribution in [-0.4, -0.2) is 35.0 Å². The van der Waals surface area contributed by atoms with Crippen molar-refractivity contribution in [1.29, 1.82) is 0 Å². The molecular formula is C20H18F2N2O2S. The number of carbonyl (C=O) groups is 1. The zero-order valence-electron chi connectivity index (χ0n) is 14.7. The molecule has 1 saturated heterocycles. The van der Waals surface area contributed by atoms with Gasteiger partial charge < -0.3 is 9.64 Å². The Balaban J connectivity index is 1.40. The molecule has 2 heterocycles. The van der Waals surface area contributed by atoms with Gasteiger partial charge in [-0.3, -0.25) is 4.79 Å². The lowest BCUT2D eigenvalue weighted by atomic mass is 10.0. The number of benzene rings is 2. The van der Waals surface area contributed by atoms with Crippen molar-refractivity contribution in [2.24, 2.45) is 0 Å². The summed E-state index contributed by atoms with van der Waals surface area (Å²) in [6.07, 6.45) is 1.24. The summed E-state index contributed by atoms with van der Waals surface area (Å²) in [6, 6.07) is 9.63. The van der Waals surface area contributed by atoms with Gasteiger partial charge in [-0.2, -0.15) is 4.98 Å². The molecule has 0 atom stereocenters. The maximum atomic E-state index is 13.8. The Morgan fingerprint density at radius 3 is 2.70 bits per heavy atom. The number of halogens is 2. The Morgan fingerprint density at radius 1 is 1.22 bits per heavy atom. The number of aromatic nitrogens is 1. The topological polar surface area (TPSA) is 42.4 Å². The molecule has 4 nitrogen and oxygen atoms in total. The summed E-state index contributed by atoms with van der Waals surface area (Å²) in [7, 11) is 0. The highest BCUT2D eigenvalue weighted by molar-refractivity contribution is 7.20. The standard InChI is InChI=1S/C20H18F2N2O2S/c1-12-4-2-3-5-15(12)19(25)24-8-6-14(7-9-24)26-20-23-18-16(22)10-13(21)11-17(18)27-20/h2-5,10-11,14H,6-9H2,1H3. The third kappa shape index (κ3) is 3.64. The molecule has 2 aromatic carbocycles. The third-order valence-corrected chi connectivity index (χ3v) is 5.66. The molecule has 1 fully saturated rings. The SMILES string of the molecule is Cc1ccccc1C(=O)N1CCC(Oc2nc3c(F)cc(F)cc3s2)CC1. The van der Waals surface area contributed by atoms with Gasteiger partial charge in [0.1, 0.15) is 17.4 Å². The zero-order valence-corrected chi connectivity index (χ0v) is 15.6. The molecule has 0 bridgehead atoms. The van der Waals surface area contributed by atoms with Crippen LogP contribution in [0, 0.1) is 18.6 Å². The van der Waals surface area contributed by atoms with Crippen molar-refractivity contribution in [1.82, 2.24) is 9.88 Å². The van der Waals surface area contributed by atoms with E-state index in [1.165, 1.54) is 6.07 Å². The number of aryl methyl sites for hydroxylation is 1. The van der Waals surface area contributed by atoms with Crippen molar-refractivity contribution in [3.8, 4) is 5.19 Å². The van der Waals surface area contributed by atoms with Crippen LogP contribution in [0.15, 0.2) is 36.4 Å². The van der Waals surface area contributed by atoms with Gasteiger partial charge in [-0.15, -0.1) is 0 Å². The number of rotatable bonds is 3. The fourth-order valence-corrected chi connectivity index (χ4v) is 4.21. The second-order valence-electron chi connectivity index (χ2n) is 6.64. The molecule has 0 saturated carbocycles. The van der Waals surface area contributed by atoms with E-state index in [2.05, 4.69) is 4.98 Å². The van der Waals surface area contributed by atoms with E-state index in [1.54, 1.807) is 0 Å². The molecule has 1 aromatic heterocycles. The number of amides is 1. The molecule has 1 amide bonds. The van der Waals surface area contributed by atoms with Gasteiger partial charge in [-0.25, -0.2) is 8.78 Å². The Labute approximate surface area is 159 Å². The normalized spacial score (nSPS) is 15.3. The van der Waals surface area contributed by atoms with Crippen molar-refractivity contribution < 1.29 is 18.3 Å². The van der Waals surface area contributed by atoms with Crippen LogP contribution in [0.2, 0.25) is 0 Å². The van der Waals surface area contributed by atoms with Gasteiger partial charge in [-0.1, -0.05) is 29.5 Å². The monoisotopic (exact) mass is 388 g/mol. The van der Waals surface area contributed by atoms with E-state index in [1.807, 2.05) is 36.1 Å². The molecule has 3 aromatic rings. The first kappa shape index (κ1) is 17.9. The van der Waals surface area contributed by atoms with Crippen molar-refractivity contribution in [3.05, 3.63) is 59.2 Å². The highest BCUT2D eigenvalue weighted by Gasteiger charge is 2.26. The summed E-state index contributed by atoms with van der Waals surface area (Å²) in [5.41, 5.74) is 1.81. The van der Waals surface area contributed by atoms with Crippen LogP contribution in [-0.2, 0) is 0 Å². The van der Waals surface area contributed by atoms with Crippen LogP contribution in [0.3, 0.4) is 0 Å². The predicted molar refractivity (Wildman–Crippen MR) is 100 cm³/mol. The molecule has 0 N–H and O–H groups in total. The summed E-state index contributed by atoms with van der Waals surface area (Å²) >= 11 is 1.13. The highest BCUT2D eigenvalue weighted by atomic mass is 32.1. The molecule has 1 aliphatic heterocycles. The summed E-state index contributed by atoms with van der Waals surface area (Å²) in [5, 5.41) is 0.332. The molecule has 0 spiro atoms. The Bertz CT molecular complexity index is 997. The summed E-state index contributed by atoms with van der Waals surface area (Å²) in [5.74, 6) is -1.28. The highest BCUT2D eigenvalue weighted by Crippen LogP contribution is 2.32. The van der Waals surface area contributed by atoms with Crippen molar-refractivity contribution in [2.45, 2.75) is 25.9 Å². The second-order valence-corrected chi connectivity index (χ2v) is 7.63. The smallest absolute Gasteiger partial charge is 0.274 e. The minimum absolute atomic E-state index is 0.0316. The molecule has 7 heteroatoms. The quantitative estimate of drug-likeness (QED) is 0.660. The summed E-state index contributed by atoms with van der Waals surface area (Å²) in [4.78, 5) is 18.6. The van der Waals surface area contributed by atoms with Crippen molar-refractivity contribution in [2.75, 3.05) is 13.1 Å². The molecule has 0 radical (unpaired) electrons. The number of piperidine rings is 1. The van der Waals surface area contributed by atoms with E-state index in [0.29, 0.717) is 35.8 Å². The lowest BCUT2D eigenvalue weighted by molar-refractivity contribution is 0.0595. The molecule has 140 valence electrons. The van der Waals surface area contributed by atoms with E-state index in [-0.39, 0.29) is 17.5 Å². The van der Waals surface area contributed by atoms with E-state index in [9.17, 15) is 13.6 Å². The largest absolute Gasteiger partial charge is 0.467 e. The van der Waals surface area contributed by atoms with E-state index in [4.69, 9.17) is 4.74 Å².